The van der Waals surface area contributed by atoms with Crippen LogP contribution in [-0.2, 0) is 9.53 Å². The van der Waals surface area contributed by atoms with Gasteiger partial charge < -0.3 is 10.1 Å². The van der Waals surface area contributed by atoms with Gasteiger partial charge in [-0.2, -0.15) is 0 Å². The molecule has 2 rings (SSSR count). The second-order valence-corrected chi connectivity index (χ2v) is 5.50. The Hall–Kier alpha value is -0.940. The summed E-state index contributed by atoms with van der Waals surface area (Å²) in [6.07, 6.45) is 0.827. The van der Waals surface area contributed by atoms with Crippen molar-refractivity contribution in [3.63, 3.8) is 0 Å². The highest BCUT2D eigenvalue weighted by Crippen LogP contribution is 2.26. The Kier molecular flexibility index (Phi) is 4.02. The molecule has 0 aliphatic carbocycles. The number of anilines is 1. The number of ether oxygens (including phenoxy) is 1. The standard InChI is InChI=1S/C13H15BrFNO2/c1-7-3-10(14)11(15)5-12(7)16-13(17)9-4-8(2)18-6-9/h3,5,8-9H,4,6H2,1-2H3,(H,16,17). The lowest BCUT2D eigenvalue weighted by Gasteiger charge is -2.12. The number of carbonyl (C=O) groups is 1. The van der Waals surface area contributed by atoms with E-state index in [1.165, 1.54) is 6.07 Å². The van der Waals surface area contributed by atoms with E-state index in [1.807, 2.05) is 13.8 Å². The van der Waals surface area contributed by atoms with Crippen molar-refractivity contribution in [2.75, 3.05) is 11.9 Å². The van der Waals surface area contributed by atoms with Crippen LogP contribution in [-0.4, -0.2) is 18.6 Å². The molecule has 1 saturated heterocycles. The first-order valence-electron chi connectivity index (χ1n) is 5.85. The summed E-state index contributed by atoms with van der Waals surface area (Å²) in [5, 5.41) is 2.76. The first-order chi connectivity index (χ1) is 8.47. The zero-order chi connectivity index (χ0) is 13.3. The molecule has 1 amide bonds. The molecule has 0 radical (unpaired) electrons. The molecule has 0 bridgehead atoms. The summed E-state index contributed by atoms with van der Waals surface area (Å²) in [7, 11) is 0. The summed E-state index contributed by atoms with van der Waals surface area (Å²) < 4.78 is 19.2. The SMILES string of the molecule is Cc1cc(Br)c(F)cc1NC(=O)C1COC(C)C1. The number of benzene rings is 1. The van der Waals surface area contributed by atoms with Crippen LogP contribution >= 0.6 is 15.9 Å². The average Bonchev–Trinajstić information content (AvgIpc) is 2.73. The molecular weight excluding hydrogens is 301 g/mol. The van der Waals surface area contributed by atoms with Gasteiger partial charge in [-0.25, -0.2) is 4.39 Å². The summed E-state index contributed by atoms with van der Waals surface area (Å²) in [6, 6.07) is 2.98. The van der Waals surface area contributed by atoms with Gasteiger partial charge in [0, 0.05) is 5.69 Å². The maximum absolute atomic E-state index is 13.4. The fourth-order valence-corrected chi connectivity index (χ4v) is 2.47. The molecule has 1 aliphatic heterocycles. The first-order valence-corrected chi connectivity index (χ1v) is 6.64. The Morgan fingerprint density at radius 2 is 2.28 bits per heavy atom. The van der Waals surface area contributed by atoms with Crippen molar-refractivity contribution in [3.8, 4) is 0 Å². The maximum atomic E-state index is 13.4. The van der Waals surface area contributed by atoms with E-state index in [1.54, 1.807) is 6.07 Å². The fourth-order valence-electron chi connectivity index (χ4n) is 2.02. The van der Waals surface area contributed by atoms with Crippen molar-refractivity contribution >= 4 is 27.5 Å². The zero-order valence-corrected chi connectivity index (χ0v) is 11.9. The Morgan fingerprint density at radius 3 is 2.89 bits per heavy atom. The fraction of sp³-hybridized carbons (Fsp3) is 0.462. The number of hydrogen-bond acceptors (Lipinski definition) is 2. The second-order valence-electron chi connectivity index (χ2n) is 4.65. The van der Waals surface area contributed by atoms with E-state index >= 15 is 0 Å². The summed E-state index contributed by atoms with van der Waals surface area (Å²) in [4.78, 5) is 12.0. The molecule has 3 nitrogen and oxygen atoms in total. The Balaban J connectivity index is 2.09. The number of nitrogens with one attached hydrogen (secondary N) is 1. The highest BCUT2D eigenvalue weighted by atomic mass is 79.9. The third kappa shape index (κ3) is 2.90. The van der Waals surface area contributed by atoms with Crippen molar-refractivity contribution in [1.29, 1.82) is 0 Å². The van der Waals surface area contributed by atoms with Gasteiger partial charge in [0.2, 0.25) is 5.91 Å². The van der Waals surface area contributed by atoms with Crippen molar-refractivity contribution in [2.45, 2.75) is 26.4 Å². The van der Waals surface area contributed by atoms with E-state index in [0.717, 1.165) is 5.56 Å². The maximum Gasteiger partial charge on any atom is 0.229 e. The molecule has 1 fully saturated rings. The quantitative estimate of drug-likeness (QED) is 0.909. The smallest absolute Gasteiger partial charge is 0.229 e. The summed E-state index contributed by atoms with van der Waals surface area (Å²) in [5.74, 6) is -0.637. The molecule has 98 valence electrons. The molecule has 2 unspecified atom stereocenters. The van der Waals surface area contributed by atoms with Gasteiger partial charge in [0.05, 0.1) is 23.1 Å². The molecule has 1 aliphatic rings. The van der Waals surface area contributed by atoms with Gasteiger partial charge >= 0.3 is 0 Å². The van der Waals surface area contributed by atoms with Crippen LogP contribution in [0.5, 0.6) is 0 Å². The predicted octanol–water partition coefficient (Wildman–Crippen LogP) is 3.26. The summed E-state index contributed by atoms with van der Waals surface area (Å²) >= 11 is 3.11. The zero-order valence-electron chi connectivity index (χ0n) is 10.3. The summed E-state index contributed by atoms with van der Waals surface area (Å²) in [6.45, 7) is 4.20. The van der Waals surface area contributed by atoms with E-state index < -0.39 is 0 Å². The Labute approximate surface area is 114 Å². The minimum Gasteiger partial charge on any atom is -0.378 e. The molecule has 0 saturated carbocycles. The van der Waals surface area contributed by atoms with E-state index in [-0.39, 0.29) is 23.7 Å². The largest absolute Gasteiger partial charge is 0.378 e. The van der Waals surface area contributed by atoms with Crippen molar-refractivity contribution in [1.82, 2.24) is 0 Å². The molecular formula is C13H15BrFNO2. The van der Waals surface area contributed by atoms with E-state index in [0.29, 0.717) is 23.2 Å². The van der Waals surface area contributed by atoms with E-state index in [4.69, 9.17) is 4.74 Å². The molecule has 1 aromatic rings. The minimum atomic E-state index is -0.382. The average molecular weight is 316 g/mol. The molecule has 0 aromatic heterocycles. The highest BCUT2D eigenvalue weighted by Gasteiger charge is 2.28. The van der Waals surface area contributed by atoms with Crippen LogP contribution in [0.4, 0.5) is 10.1 Å². The van der Waals surface area contributed by atoms with Gasteiger partial charge in [-0.15, -0.1) is 0 Å². The van der Waals surface area contributed by atoms with Crippen LogP contribution in [0, 0.1) is 18.7 Å². The van der Waals surface area contributed by atoms with E-state index in [2.05, 4.69) is 21.2 Å². The topological polar surface area (TPSA) is 38.3 Å². The van der Waals surface area contributed by atoms with Crippen LogP contribution < -0.4 is 5.32 Å². The lowest BCUT2D eigenvalue weighted by Crippen LogP contribution is -2.23. The van der Waals surface area contributed by atoms with Gasteiger partial charge in [-0.1, -0.05) is 0 Å². The van der Waals surface area contributed by atoms with Gasteiger partial charge in [0.15, 0.2) is 0 Å². The molecule has 5 heteroatoms. The van der Waals surface area contributed by atoms with Gasteiger partial charge in [-0.05, 0) is 53.9 Å². The monoisotopic (exact) mass is 315 g/mol. The van der Waals surface area contributed by atoms with Gasteiger partial charge in [-0.3, -0.25) is 4.79 Å². The third-order valence-electron chi connectivity index (χ3n) is 3.09. The van der Waals surface area contributed by atoms with Crippen molar-refractivity contribution in [2.24, 2.45) is 5.92 Å². The van der Waals surface area contributed by atoms with Crippen molar-refractivity contribution < 1.29 is 13.9 Å². The first kappa shape index (κ1) is 13.5. The number of amides is 1. The molecule has 2 atom stereocenters. The van der Waals surface area contributed by atoms with Crippen molar-refractivity contribution in [3.05, 3.63) is 28.0 Å². The lowest BCUT2D eigenvalue weighted by atomic mass is 10.1. The highest BCUT2D eigenvalue weighted by molar-refractivity contribution is 9.10. The number of aryl methyl sites for hydroxylation is 1. The second kappa shape index (κ2) is 5.36. The molecule has 1 heterocycles. The predicted molar refractivity (Wildman–Crippen MR) is 71.0 cm³/mol. The normalized spacial score (nSPS) is 23.1. The molecule has 1 N–H and O–H groups in total. The Bertz CT molecular complexity index is 478. The number of rotatable bonds is 2. The number of hydrogen-bond donors (Lipinski definition) is 1. The van der Waals surface area contributed by atoms with E-state index in [9.17, 15) is 9.18 Å². The molecule has 1 aromatic carbocycles. The summed E-state index contributed by atoms with van der Waals surface area (Å²) in [5.41, 5.74) is 1.34. The van der Waals surface area contributed by atoms with Gasteiger partial charge in [0.25, 0.3) is 0 Å². The van der Waals surface area contributed by atoms with Crippen LogP contribution in [0.3, 0.4) is 0 Å². The lowest BCUT2D eigenvalue weighted by molar-refractivity contribution is -0.119. The Morgan fingerprint density at radius 1 is 1.56 bits per heavy atom. The van der Waals surface area contributed by atoms with Crippen LogP contribution in [0.25, 0.3) is 0 Å². The third-order valence-corrected chi connectivity index (χ3v) is 3.70. The van der Waals surface area contributed by atoms with Gasteiger partial charge in [0.1, 0.15) is 5.82 Å². The minimum absolute atomic E-state index is 0.107. The number of halogens is 2. The molecule has 0 spiro atoms. The number of carbonyl (C=O) groups excluding carboxylic acids is 1. The van der Waals surface area contributed by atoms with Crippen LogP contribution in [0.2, 0.25) is 0 Å². The van der Waals surface area contributed by atoms with Crippen LogP contribution in [0.1, 0.15) is 18.9 Å². The van der Waals surface area contributed by atoms with Crippen LogP contribution in [0.15, 0.2) is 16.6 Å². The molecule has 18 heavy (non-hydrogen) atoms.